The molecule has 1 aromatic carbocycles. The predicted molar refractivity (Wildman–Crippen MR) is 97.4 cm³/mol. The molecule has 0 bridgehead atoms. The van der Waals surface area contributed by atoms with E-state index >= 15 is 0 Å². The number of phenols is 1. The van der Waals surface area contributed by atoms with Crippen molar-refractivity contribution in [3.63, 3.8) is 0 Å². The molecule has 6 heteroatoms. The number of thiazole rings is 1. The Morgan fingerprint density at radius 1 is 1.21 bits per heavy atom. The standard InChI is InChI=1S/C18H18N4OS/c1-22(17-10-21-18(19)24-17)16-8-14(16)12-5-6-15(20-9-12)11-3-2-4-13(23)7-11/h2-7,9-10,14,16,23H,8H2,1H3,(H2,19,21)/t14-,16+/m0/s1. The monoisotopic (exact) mass is 338 g/mol. The van der Waals surface area contributed by atoms with Crippen LogP contribution >= 0.6 is 11.3 Å². The van der Waals surface area contributed by atoms with E-state index in [0.717, 1.165) is 22.7 Å². The molecule has 1 aliphatic carbocycles. The zero-order valence-corrected chi connectivity index (χ0v) is 14.1. The highest BCUT2D eigenvalue weighted by molar-refractivity contribution is 7.19. The van der Waals surface area contributed by atoms with Gasteiger partial charge in [-0.1, -0.05) is 29.5 Å². The number of rotatable bonds is 4. The van der Waals surface area contributed by atoms with Crippen molar-refractivity contribution in [3.05, 3.63) is 54.4 Å². The number of benzene rings is 1. The lowest BCUT2D eigenvalue weighted by Crippen LogP contribution is -2.19. The van der Waals surface area contributed by atoms with Gasteiger partial charge in [0, 0.05) is 30.8 Å². The molecule has 0 radical (unpaired) electrons. The van der Waals surface area contributed by atoms with Crippen molar-refractivity contribution in [2.45, 2.75) is 18.4 Å². The van der Waals surface area contributed by atoms with Crippen molar-refractivity contribution in [2.24, 2.45) is 0 Å². The molecule has 4 rings (SSSR count). The first-order valence-corrected chi connectivity index (χ1v) is 8.63. The summed E-state index contributed by atoms with van der Waals surface area (Å²) in [7, 11) is 2.09. The molecule has 5 nitrogen and oxygen atoms in total. The van der Waals surface area contributed by atoms with Crippen molar-refractivity contribution >= 4 is 21.5 Å². The molecule has 2 atom stereocenters. The number of nitrogens with zero attached hydrogens (tertiary/aromatic N) is 3. The molecule has 0 saturated heterocycles. The quantitative estimate of drug-likeness (QED) is 0.762. The second-order valence-electron chi connectivity index (χ2n) is 6.08. The third kappa shape index (κ3) is 2.80. The predicted octanol–water partition coefficient (Wildman–Crippen LogP) is 3.49. The highest BCUT2D eigenvalue weighted by atomic mass is 32.1. The number of hydrogen-bond acceptors (Lipinski definition) is 6. The third-order valence-corrected chi connectivity index (χ3v) is 5.39. The number of pyridine rings is 1. The summed E-state index contributed by atoms with van der Waals surface area (Å²) in [6.07, 6.45) is 4.89. The average molecular weight is 338 g/mol. The lowest BCUT2D eigenvalue weighted by Gasteiger charge is -2.16. The lowest BCUT2D eigenvalue weighted by molar-refractivity contribution is 0.475. The summed E-state index contributed by atoms with van der Waals surface area (Å²) in [5.41, 5.74) is 8.76. The normalized spacial score (nSPS) is 19.2. The smallest absolute Gasteiger partial charge is 0.181 e. The molecule has 2 heterocycles. The molecule has 2 aromatic heterocycles. The Balaban J connectivity index is 1.48. The molecule has 3 N–H and O–H groups in total. The summed E-state index contributed by atoms with van der Waals surface area (Å²) < 4.78 is 0. The molecular weight excluding hydrogens is 320 g/mol. The minimum absolute atomic E-state index is 0.256. The topological polar surface area (TPSA) is 75.3 Å². The molecule has 0 unspecified atom stereocenters. The van der Waals surface area contributed by atoms with Crippen LogP contribution in [0.15, 0.2) is 48.8 Å². The number of anilines is 2. The minimum Gasteiger partial charge on any atom is -0.508 e. The Labute approximate surface area is 144 Å². The van der Waals surface area contributed by atoms with Gasteiger partial charge in [0.2, 0.25) is 0 Å². The Hall–Kier alpha value is -2.60. The summed E-state index contributed by atoms with van der Waals surface area (Å²) in [6.45, 7) is 0. The van der Waals surface area contributed by atoms with Gasteiger partial charge in [0.15, 0.2) is 5.13 Å². The van der Waals surface area contributed by atoms with Gasteiger partial charge in [-0.2, -0.15) is 0 Å². The Morgan fingerprint density at radius 2 is 2.08 bits per heavy atom. The average Bonchev–Trinajstić information content (AvgIpc) is 3.28. The largest absolute Gasteiger partial charge is 0.508 e. The number of nitrogen functional groups attached to an aromatic ring is 1. The van der Waals surface area contributed by atoms with E-state index in [2.05, 4.69) is 28.0 Å². The molecule has 0 amide bonds. The van der Waals surface area contributed by atoms with Crippen molar-refractivity contribution < 1.29 is 5.11 Å². The number of nitrogens with two attached hydrogens (primary N) is 1. The molecule has 3 aromatic rings. The van der Waals surface area contributed by atoms with Crippen LogP contribution in [0.1, 0.15) is 17.9 Å². The van der Waals surface area contributed by atoms with E-state index in [9.17, 15) is 5.11 Å². The zero-order valence-electron chi connectivity index (χ0n) is 13.3. The van der Waals surface area contributed by atoms with Crippen LogP contribution in [-0.4, -0.2) is 28.2 Å². The molecule has 24 heavy (non-hydrogen) atoms. The van der Waals surface area contributed by atoms with Gasteiger partial charge in [-0.3, -0.25) is 4.98 Å². The van der Waals surface area contributed by atoms with Crippen LogP contribution in [0.2, 0.25) is 0 Å². The van der Waals surface area contributed by atoms with Crippen LogP contribution in [0.5, 0.6) is 5.75 Å². The van der Waals surface area contributed by atoms with E-state index in [0.29, 0.717) is 17.1 Å². The summed E-state index contributed by atoms with van der Waals surface area (Å²) in [5.74, 6) is 0.745. The highest BCUT2D eigenvalue weighted by Gasteiger charge is 2.42. The van der Waals surface area contributed by atoms with E-state index < -0.39 is 0 Å². The van der Waals surface area contributed by atoms with Crippen molar-refractivity contribution in [1.82, 2.24) is 9.97 Å². The number of phenolic OH excluding ortho intramolecular Hbond substituents is 1. The van der Waals surface area contributed by atoms with E-state index in [1.54, 1.807) is 12.1 Å². The van der Waals surface area contributed by atoms with Gasteiger partial charge in [0.1, 0.15) is 10.8 Å². The van der Waals surface area contributed by atoms with E-state index in [1.165, 1.54) is 16.9 Å². The zero-order chi connectivity index (χ0) is 16.7. The SMILES string of the molecule is CN(c1cnc(N)s1)[C@@H]1C[C@H]1c1ccc(-c2cccc(O)c2)nc1. The Kier molecular flexibility index (Phi) is 3.61. The number of aromatic nitrogens is 2. The second-order valence-corrected chi connectivity index (χ2v) is 7.12. The molecule has 0 spiro atoms. The maximum Gasteiger partial charge on any atom is 0.181 e. The first-order chi connectivity index (χ1) is 11.6. The van der Waals surface area contributed by atoms with Gasteiger partial charge in [-0.05, 0) is 30.2 Å². The van der Waals surface area contributed by atoms with Crippen molar-refractivity contribution in [2.75, 3.05) is 17.7 Å². The molecule has 1 saturated carbocycles. The molecule has 1 fully saturated rings. The summed E-state index contributed by atoms with van der Waals surface area (Å²) in [4.78, 5) is 10.9. The number of aromatic hydroxyl groups is 1. The molecular formula is C18H18N4OS. The van der Waals surface area contributed by atoms with Crippen LogP contribution in [0.3, 0.4) is 0 Å². The third-order valence-electron chi connectivity index (χ3n) is 4.47. The Morgan fingerprint density at radius 3 is 2.75 bits per heavy atom. The van der Waals surface area contributed by atoms with Gasteiger partial charge in [0.25, 0.3) is 0 Å². The molecule has 1 aliphatic rings. The van der Waals surface area contributed by atoms with Crippen LogP contribution in [0.4, 0.5) is 10.1 Å². The van der Waals surface area contributed by atoms with Gasteiger partial charge in [-0.25, -0.2) is 4.98 Å². The Bertz CT molecular complexity index is 861. The summed E-state index contributed by atoms with van der Waals surface area (Å²) in [6, 6.07) is 11.8. The summed E-state index contributed by atoms with van der Waals surface area (Å²) >= 11 is 1.52. The van der Waals surface area contributed by atoms with Gasteiger partial charge in [-0.15, -0.1) is 0 Å². The van der Waals surface area contributed by atoms with E-state index in [-0.39, 0.29) is 5.75 Å². The van der Waals surface area contributed by atoms with Gasteiger partial charge in [0.05, 0.1) is 11.9 Å². The fraction of sp³-hybridized carbons (Fsp3) is 0.222. The van der Waals surface area contributed by atoms with Crippen molar-refractivity contribution in [1.29, 1.82) is 0 Å². The molecule has 122 valence electrons. The first-order valence-electron chi connectivity index (χ1n) is 7.81. The fourth-order valence-corrected chi connectivity index (χ4v) is 3.74. The minimum atomic E-state index is 0.256. The second kappa shape index (κ2) is 5.79. The van der Waals surface area contributed by atoms with Gasteiger partial charge >= 0.3 is 0 Å². The number of likely N-dealkylation sites (N-methyl/N-ethyl adjacent to an activating group) is 1. The maximum absolute atomic E-state index is 9.59. The van der Waals surface area contributed by atoms with Crippen LogP contribution in [0.25, 0.3) is 11.3 Å². The van der Waals surface area contributed by atoms with E-state index in [1.807, 2.05) is 30.6 Å². The van der Waals surface area contributed by atoms with Crippen molar-refractivity contribution in [3.8, 4) is 17.0 Å². The van der Waals surface area contributed by atoms with Gasteiger partial charge < -0.3 is 15.7 Å². The van der Waals surface area contributed by atoms with Crippen LogP contribution in [-0.2, 0) is 0 Å². The lowest BCUT2D eigenvalue weighted by atomic mass is 10.1. The molecule has 0 aliphatic heterocycles. The first kappa shape index (κ1) is 15.0. The van der Waals surface area contributed by atoms with E-state index in [4.69, 9.17) is 5.73 Å². The maximum atomic E-state index is 9.59. The fourth-order valence-electron chi connectivity index (χ4n) is 3.03. The van der Waals surface area contributed by atoms with Crippen LogP contribution in [0, 0.1) is 0 Å². The number of hydrogen-bond donors (Lipinski definition) is 2. The van der Waals surface area contributed by atoms with Crippen LogP contribution < -0.4 is 10.6 Å². The summed E-state index contributed by atoms with van der Waals surface area (Å²) in [5, 5.41) is 11.3. The highest BCUT2D eigenvalue weighted by Crippen LogP contribution is 2.46.